The van der Waals surface area contributed by atoms with Crippen molar-refractivity contribution in [2.45, 2.75) is 13.0 Å². The number of anilines is 2. The van der Waals surface area contributed by atoms with Gasteiger partial charge in [-0.1, -0.05) is 0 Å². The monoisotopic (exact) mass is 290 g/mol. The fourth-order valence-corrected chi connectivity index (χ4v) is 2.31. The van der Waals surface area contributed by atoms with Gasteiger partial charge in [0, 0.05) is 18.8 Å². The summed E-state index contributed by atoms with van der Waals surface area (Å²) in [6, 6.07) is 5.16. The van der Waals surface area contributed by atoms with E-state index in [1.165, 1.54) is 0 Å². The first kappa shape index (κ1) is 13.7. The minimum atomic E-state index is -0.409. The van der Waals surface area contributed by atoms with Crippen LogP contribution in [0.15, 0.2) is 22.6 Å². The van der Waals surface area contributed by atoms with Crippen LogP contribution in [0.1, 0.15) is 6.92 Å². The number of aromatic nitrogens is 1. The molecule has 1 aromatic heterocycles. The molecule has 1 amide bonds. The average molecular weight is 290 g/mol. The van der Waals surface area contributed by atoms with Gasteiger partial charge in [0.05, 0.1) is 13.2 Å². The van der Waals surface area contributed by atoms with Gasteiger partial charge in [-0.05, 0) is 25.1 Å². The molecule has 1 fully saturated rings. The zero-order valence-corrected chi connectivity index (χ0v) is 11.8. The van der Waals surface area contributed by atoms with E-state index in [1.807, 2.05) is 0 Å². The molecule has 0 saturated carbocycles. The van der Waals surface area contributed by atoms with E-state index in [-0.39, 0.29) is 5.91 Å². The molecule has 0 bridgehead atoms. The van der Waals surface area contributed by atoms with Crippen molar-refractivity contribution in [3.05, 3.63) is 18.2 Å². The summed E-state index contributed by atoms with van der Waals surface area (Å²) in [6.45, 7) is 4.20. The fraction of sp³-hybridized carbons (Fsp3) is 0.429. The first-order valence-corrected chi connectivity index (χ1v) is 6.92. The van der Waals surface area contributed by atoms with E-state index in [1.54, 1.807) is 30.0 Å². The molecule has 3 N–H and O–H groups in total. The molecule has 7 nitrogen and oxygen atoms in total. The van der Waals surface area contributed by atoms with Crippen LogP contribution in [0.2, 0.25) is 0 Å². The first-order valence-electron chi connectivity index (χ1n) is 6.92. The number of morpholine rings is 1. The number of amides is 1. The van der Waals surface area contributed by atoms with E-state index in [4.69, 9.17) is 14.9 Å². The minimum Gasteiger partial charge on any atom is -0.424 e. The number of nitrogens with zero attached hydrogens (tertiary/aromatic N) is 2. The van der Waals surface area contributed by atoms with Gasteiger partial charge in [-0.3, -0.25) is 4.79 Å². The van der Waals surface area contributed by atoms with Crippen LogP contribution in [-0.2, 0) is 9.53 Å². The van der Waals surface area contributed by atoms with Gasteiger partial charge in [0.2, 0.25) is 5.91 Å². The van der Waals surface area contributed by atoms with Crippen LogP contribution < -0.4 is 11.1 Å². The number of ether oxygens (including phenoxy) is 1. The van der Waals surface area contributed by atoms with Crippen LogP contribution in [0.4, 0.5) is 11.7 Å². The summed E-state index contributed by atoms with van der Waals surface area (Å²) in [4.78, 5) is 18.4. The maximum atomic E-state index is 12.3. The van der Waals surface area contributed by atoms with Crippen LogP contribution in [0.3, 0.4) is 0 Å². The molecule has 1 unspecified atom stereocenters. The maximum absolute atomic E-state index is 12.3. The Morgan fingerprint density at radius 1 is 1.43 bits per heavy atom. The topological polar surface area (TPSA) is 93.6 Å². The molecular formula is C14H18N4O3. The molecule has 1 atom stereocenters. The second-order valence-electron chi connectivity index (χ2n) is 5.05. The number of benzene rings is 1. The highest BCUT2D eigenvalue weighted by atomic mass is 16.5. The van der Waals surface area contributed by atoms with Gasteiger partial charge >= 0.3 is 0 Å². The Hall–Kier alpha value is -2.28. The third-order valence-corrected chi connectivity index (χ3v) is 3.44. The van der Waals surface area contributed by atoms with Crippen LogP contribution in [0.5, 0.6) is 0 Å². The zero-order valence-electron chi connectivity index (χ0n) is 11.8. The highest BCUT2D eigenvalue weighted by Crippen LogP contribution is 2.21. The van der Waals surface area contributed by atoms with Crippen molar-refractivity contribution in [3.8, 4) is 0 Å². The van der Waals surface area contributed by atoms with E-state index in [0.29, 0.717) is 49.1 Å². The van der Waals surface area contributed by atoms with Crippen molar-refractivity contribution in [3.63, 3.8) is 0 Å². The molecule has 2 heterocycles. The molecule has 112 valence electrons. The first-order chi connectivity index (χ1) is 10.1. The van der Waals surface area contributed by atoms with Crippen LogP contribution >= 0.6 is 0 Å². The number of carbonyl (C=O) groups is 1. The Morgan fingerprint density at radius 2 is 2.19 bits per heavy atom. The summed E-state index contributed by atoms with van der Waals surface area (Å²) >= 11 is 0. The molecule has 0 radical (unpaired) electrons. The number of carbonyl (C=O) groups excluding carboxylic acids is 1. The van der Waals surface area contributed by atoms with Gasteiger partial charge in [-0.2, -0.15) is 4.98 Å². The molecule has 21 heavy (non-hydrogen) atoms. The van der Waals surface area contributed by atoms with E-state index in [9.17, 15) is 4.79 Å². The average Bonchev–Trinajstić information content (AvgIpc) is 2.88. The molecular weight excluding hydrogens is 272 g/mol. The van der Waals surface area contributed by atoms with Crippen molar-refractivity contribution in [1.29, 1.82) is 0 Å². The van der Waals surface area contributed by atoms with Gasteiger partial charge in [0.1, 0.15) is 11.6 Å². The lowest BCUT2D eigenvalue weighted by Gasteiger charge is -2.29. The summed E-state index contributed by atoms with van der Waals surface area (Å²) in [7, 11) is 0. The van der Waals surface area contributed by atoms with E-state index in [0.717, 1.165) is 0 Å². The maximum Gasteiger partial charge on any atom is 0.296 e. The predicted octanol–water partition coefficient (Wildman–Crippen LogP) is 1.07. The Balaban J connectivity index is 1.70. The Kier molecular flexibility index (Phi) is 3.66. The normalized spacial score (nSPS) is 16.9. The molecule has 1 aromatic carbocycles. The lowest BCUT2D eigenvalue weighted by atomic mass is 10.2. The second-order valence-corrected chi connectivity index (χ2v) is 5.05. The fourth-order valence-electron chi connectivity index (χ4n) is 2.31. The van der Waals surface area contributed by atoms with Crippen molar-refractivity contribution in [2.75, 3.05) is 37.4 Å². The minimum absolute atomic E-state index is 0.0140. The van der Waals surface area contributed by atoms with E-state index >= 15 is 0 Å². The third kappa shape index (κ3) is 2.92. The number of fused-ring (bicyclic) bond motifs is 1. The smallest absolute Gasteiger partial charge is 0.296 e. The van der Waals surface area contributed by atoms with E-state index in [2.05, 4.69) is 10.3 Å². The predicted molar refractivity (Wildman–Crippen MR) is 78.9 cm³/mol. The summed E-state index contributed by atoms with van der Waals surface area (Å²) in [5.74, 6) is 0.0140. The number of nitrogens with two attached hydrogens (primary N) is 1. The molecule has 0 spiro atoms. The van der Waals surface area contributed by atoms with Crippen molar-refractivity contribution < 1.29 is 13.9 Å². The van der Waals surface area contributed by atoms with Gasteiger partial charge in [0.15, 0.2) is 5.58 Å². The Morgan fingerprint density at radius 3 is 2.95 bits per heavy atom. The number of nitrogen functional groups attached to an aromatic ring is 1. The summed E-state index contributed by atoms with van der Waals surface area (Å²) < 4.78 is 10.8. The number of oxazole rings is 1. The van der Waals surface area contributed by atoms with Crippen molar-refractivity contribution in [2.24, 2.45) is 0 Å². The second kappa shape index (κ2) is 5.61. The van der Waals surface area contributed by atoms with E-state index < -0.39 is 6.04 Å². The van der Waals surface area contributed by atoms with Crippen LogP contribution in [0, 0.1) is 0 Å². The van der Waals surface area contributed by atoms with Crippen LogP contribution in [0.25, 0.3) is 11.1 Å². The number of rotatable bonds is 3. The largest absolute Gasteiger partial charge is 0.424 e. The lowest BCUT2D eigenvalue weighted by Crippen LogP contribution is -2.47. The summed E-state index contributed by atoms with van der Waals surface area (Å²) in [5, 5.41) is 3.00. The zero-order chi connectivity index (χ0) is 14.8. The summed E-state index contributed by atoms with van der Waals surface area (Å²) in [5.41, 5.74) is 7.64. The number of nitrogens with one attached hydrogen (secondary N) is 1. The molecule has 1 saturated heterocycles. The standard InChI is InChI=1S/C14H18N4O3/c1-9(13(19)18-4-6-20-7-5-18)16-14-17-11-8-10(15)2-3-12(11)21-14/h2-3,8-9H,4-7,15H2,1H3,(H,16,17). The SMILES string of the molecule is CC(Nc1nc2cc(N)ccc2o1)C(=O)N1CCOCC1. The van der Waals surface area contributed by atoms with Crippen LogP contribution in [-0.4, -0.2) is 48.1 Å². The Bertz CT molecular complexity index is 649. The van der Waals surface area contributed by atoms with Gasteiger partial charge in [0.25, 0.3) is 6.01 Å². The molecule has 1 aliphatic rings. The Labute approximate surface area is 122 Å². The third-order valence-electron chi connectivity index (χ3n) is 3.44. The van der Waals surface area contributed by atoms with Gasteiger partial charge in [-0.15, -0.1) is 0 Å². The van der Waals surface area contributed by atoms with Gasteiger partial charge in [-0.25, -0.2) is 0 Å². The highest BCUT2D eigenvalue weighted by Gasteiger charge is 2.23. The quantitative estimate of drug-likeness (QED) is 0.821. The van der Waals surface area contributed by atoms with Crippen molar-refractivity contribution in [1.82, 2.24) is 9.88 Å². The van der Waals surface area contributed by atoms with Gasteiger partial charge < -0.3 is 25.1 Å². The lowest BCUT2D eigenvalue weighted by molar-refractivity contribution is -0.135. The summed E-state index contributed by atoms with van der Waals surface area (Å²) in [6.07, 6.45) is 0. The molecule has 2 aromatic rings. The van der Waals surface area contributed by atoms with Crippen molar-refractivity contribution >= 4 is 28.7 Å². The number of hydrogen-bond donors (Lipinski definition) is 2. The highest BCUT2D eigenvalue weighted by molar-refractivity contribution is 5.84. The molecule has 3 rings (SSSR count). The molecule has 0 aliphatic carbocycles. The molecule has 1 aliphatic heterocycles. The molecule has 7 heteroatoms. The number of hydrogen-bond acceptors (Lipinski definition) is 6.